The zero-order chi connectivity index (χ0) is 27.2. The van der Waals surface area contributed by atoms with Crippen LogP contribution < -0.4 is 10.1 Å². The number of nitrogens with zero attached hydrogens (tertiary/aromatic N) is 2. The van der Waals surface area contributed by atoms with Crippen LogP contribution in [0.25, 0.3) is 5.57 Å². The van der Waals surface area contributed by atoms with Crippen molar-refractivity contribution in [2.75, 3.05) is 19.5 Å². The fourth-order valence-corrected chi connectivity index (χ4v) is 3.08. The highest BCUT2D eigenvalue weighted by atomic mass is 19.4. The Labute approximate surface area is 206 Å². The monoisotopic (exact) mass is 527 g/mol. The summed E-state index contributed by atoms with van der Waals surface area (Å²) >= 11 is 0. The van der Waals surface area contributed by atoms with E-state index in [0.29, 0.717) is 17.2 Å². The van der Waals surface area contributed by atoms with E-state index >= 15 is 0 Å². The molecule has 3 aromatic rings. The van der Waals surface area contributed by atoms with Crippen molar-refractivity contribution in [3.8, 4) is 5.88 Å². The molecule has 0 radical (unpaired) electrons. The number of anilines is 2. The van der Waals surface area contributed by atoms with E-state index in [2.05, 4.69) is 15.3 Å². The number of carbonyl (C=O) groups is 1. The van der Waals surface area contributed by atoms with Crippen molar-refractivity contribution >= 4 is 23.2 Å². The number of esters is 1. The summed E-state index contributed by atoms with van der Waals surface area (Å²) in [6.07, 6.45) is -8.29. The maximum absolute atomic E-state index is 13.4. The van der Waals surface area contributed by atoms with Crippen molar-refractivity contribution in [2.45, 2.75) is 19.0 Å². The first-order valence-corrected chi connectivity index (χ1v) is 10.3. The summed E-state index contributed by atoms with van der Waals surface area (Å²) in [5.41, 5.74) is -1.44. The largest absolute Gasteiger partial charge is 0.503 e. The highest BCUT2D eigenvalue weighted by molar-refractivity contribution is 6.16. The summed E-state index contributed by atoms with van der Waals surface area (Å²) < 4.78 is 93.8. The van der Waals surface area contributed by atoms with E-state index < -0.39 is 41.4 Å². The third-order valence-electron chi connectivity index (χ3n) is 4.79. The molecule has 1 heterocycles. The molecule has 0 fully saturated rings. The molecule has 7 nitrogen and oxygen atoms in total. The minimum atomic E-state index is -4.87. The van der Waals surface area contributed by atoms with Gasteiger partial charge in [0.1, 0.15) is 12.2 Å². The second kappa shape index (κ2) is 11.2. The highest BCUT2D eigenvalue weighted by Crippen LogP contribution is 2.33. The lowest BCUT2D eigenvalue weighted by molar-refractivity contribution is -0.141. The van der Waals surface area contributed by atoms with Crippen LogP contribution in [0.2, 0.25) is 0 Å². The number of hydrogen-bond donors (Lipinski definition) is 1. The van der Waals surface area contributed by atoms with Gasteiger partial charge in [-0.25, -0.2) is 9.78 Å². The molecule has 37 heavy (non-hydrogen) atoms. The Morgan fingerprint density at radius 1 is 0.946 bits per heavy atom. The Morgan fingerprint density at radius 2 is 1.62 bits per heavy atom. The second-order valence-electron chi connectivity index (χ2n) is 7.32. The average Bonchev–Trinajstić information content (AvgIpc) is 2.85. The van der Waals surface area contributed by atoms with Gasteiger partial charge in [-0.15, -0.1) is 0 Å². The van der Waals surface area contributed by atoms with Gasteiger partial charge >= 0.3 is 18.3 Å². The maximum Gasteiger partial charge on any atom is 0.433 e. The van der Waals surface area contributed by atoms with E-state index in [-0.39, 0.29) is 17.9 Å². The zero-order valence-electron chi connectivity index (χ0n) is 19.3. The van der Waals surface area contributed by atoms with Gasteiger partial charge in [0.15, 0.2) is 5.69 Å². The molecule has 13 heteroatoms. The lowest BCUT2D eigenvalue weighted by Crippen LogP contribution is -2.12. The lowest BCUT2D eigenvalue weighted by Gasteiger charge is -2.15. The summed E-state index contributed by atoms with van der Waals surface area (Å²) in [6, 6.07) is 10.6. The lowest BCUT2D eigenvalue weighted by atomic mass is 10.0. The van der Waals surface area contributed by atoms with Crippen molar-refractivity contribution in [3.63, 3.8) is 0 Å². The van der Waals surface area contributed by atoms with Gasteiger partial charge in [-0.3, -0.25) is 0 Å². The van der Waals surface area contributed by atoms with E-state index in [1.54, 1.807) is 24.3 Å². The first-order chi connectivity index (χ1) is 17.4. The van der Waals surface area contributed by atoms with Gasteiger partial charge in [0.25, 0.3) is 0 Å². The molecule has 2 aromatic carbocycles. The molecule has 0 bridgehead atoms. The fourth-order valence-electron chi connectivity index (χ4n) is 3.08. The molecule has 1 N–H and O–H groups in total. The van der Waals surface area contributed by atoms with Crippen molar-refractivity contribution in [3.05, 3.63) is 83.2 Å². The van der Waals surface area contributed by atoms with Crippen LogP contribution >= 0.6 is 0 Å². The van der Waals surface area contributed by atoms with Crippen LogP contribution in [-0.2, 0) is 33.2 Å². The van der Waals surface area contributed by atoms with Crippen molar-refractivity contribution < 1.29 is 45.3 Å². The predicted molar refractivity (Wildman–Crippen MR) is 120 cm³/mol. The minimum Gasteiger partial charge on any atom is -0.503 e. The molecule has 0 aliphatic rings. The summed E-state index contributed by atoms with van der Waals surface area (Å²) in [4.78, 5) is 19.4. The number of alkyl halides is 6. The van der Waals surface area contributed by atoms with Crippen LogP contribution in [0.1, 0.15) is 22.4 Å². The summed E-state index contributed by atoms with van der Waals surface area (Å²) in [5, 5.41) is 2.45. The van der Waals surface area contributed by atoms with Crippen molar-refractivity contribution in [1.29, 1.82) is 0 Å². The fraction of sp³-hybridized carbons (Fsp3) is 0.208. The predicted octanol–water partition coefficient (Wildman–Crippen LogP) is 6.00. The molecule has 0 aliphatic carbocycles. The summed E-state index contributed by atoms with van der Waals surface area (Å²) in [6.45, 7) is -0.303. The van der Waals surface area contributed by atoms with Crippen LogP contribution in [0.15, 0.2) is 60.9 Å². The third kappa shape index (κ3) is 7.12. The molecule has 0 atom stereocenters. The normalized spacial score (nSPS) is 12.2. The SMILES string of the molecule is CO/C=C(/C(=O)OC)c1ccccc1COc1cc(C(F)(F)F)nc(Nc2ccc(C(F)(F)F)cc2)n1. The summed E-state index contributed by atoms with van der Waals surface area (Å²) in [7, 11) is 2.50. The zero-order valence-corrected chi connectivity index (χ0v) is 19.3. The van der Waals surface area contributed by atoms with E-state index in [1.165, 1.54) is 14.2 Å². The Bertz CT molecular complexity index is 1270. The van der Waals surface area contributed by atoms with Crippen LogP contribution in [-0.4, -0.2) is 30.2 Å². The Kier molecular flexibility index (Phi) is 8.25. The summed E-state index contributed by atoms with van der Waals surface area (Å²) in [5.74, 6) is -1.73. The van der Waals surface area contributed by atoms with E-state index in [9.17, 15) is 31.1 Å². The number of benzene rings is 2. The van der Waals surface area contributed by atoms with Crippen molar-refractivity contribution in [2.24, 2.45) is 0 Å². The number of aromatic nitrogens is 2. The van der Waals surface area contributed by atoms with Gasteiger partial charge in [-0.1, -0.05) is 24.3 Å². The number of rotatable bonds is 8. The topological polar surface area (TPSA) is 82.6 Å². The van der Waals surface area contributed by atoms with Crippen LogP contribution in [0.5, 0.6) is 5.88 Å². The van der Waals surface area contributed by atoms with Gasteiger partial charge in [-0.05, 0) is 35.4 Å². The number of nitrogens with one attached hydrogen (secondary N) is 1. The Hall–Kier alpha value is -4.29. The van der Waals surface area contributed by atoms with E-state index in [0.717, 1.165) is 30.5 Å². The van der Waals surface area contributed by atoms with Crippen LogP contribution in [0.3, 0.4) is 0 Å². The standard InChI is InChI=1S/C24H19F6N3O4/c1-35-13-18(21(34)36-2)17-6-4-3-5-14(17)12-37-20-11-19(24(28,29)30)32-22(33-20)31-16-9-7-15(8-10-16)23(25,26)27/h3-11,13H,12H2,1-2H3,(H,31,32,33)/b18-13+. The van der Waals surface area contributed by atoms with Crippen LogP contribution in [0, 0.1) is 0 Å². The number of methoxy groups -OCH3 is 2. The van der Waals surface area contributed by atoms with E-state index in [1.807, 2.05) is 0 Å². The molecular weight excluding hydrogens is 508 g/mol. The molecule has 0 amide bonds. The van der Waals surface area contributed by atoms with Crippen molar-refractivity contribution in [1.82, 2.24) is 9.97 Å². The Morgan fingerprint density at radius 3 is 2.22 bits per heavy atom. The molecule has 196 valence electrons. The van der Waals surface area contributed by atoms with E-state index in [4.69, 9.17) is 14.2 Å². The molecule has 0 spiro atoms. The number of carbonyl (C=O) groups excluding carboxylic acids is 1. The first-order valence-electron chi connectivity index (χ1n) is 10.3. The van der Waals surface area contributed by atoms with Gasteiger partial charge in [0.2, 0.25) is 11.8 Å². The molecular formula is C24H19F6N3O4. The molecule has 1 aromatic heterocycles. The number of halogens is 6. The van der Waals surface area contributed by atoms with Gasteiger partial charge in [0.05, 0.1) is 26.0 Å². The van der Waals surface area contributed by atoms with Gasteiger partial charge in [0, 0.05) is 11.8 Å². The molecule has 0 aliphatic heterocycles. The van der Waals surface area contributed by atoms with Crippen LogP contribution in [0.4, 0.5) is 38.0 Å². The molecule has 3 rings (SSSR count). The average molecular weight is 527 g/mol. The molecule has 0 saturated carbocycles. The quantitative estimate of drug-likeness (QED) is 0.167. The van der Waals surface area contributed by atoms with Gasteiger partial charge < -0.3 is 19.5 Å². The van der Waals surface area contributed by atoms with Gasteiger partial charge in [-0.2, -0.15) is 31.3 Å². The number of ether oxygens (including phenoxy) is 3. The molecule has 0 unspecified atom stereocenters. The second-order valence-corrected chi connectivity index (χ2v) is 7.32. The smallest absolute Gasteiger partial charge is 0.433 e. The first kappa shape index (κ1) is 27.3. The maximum atomic E-state index is 13.4. The third-order valence-corrected chi connectivity index (χ3v) is 4.79. The Balaban J connectivity index is 1.90. The molecule has 0 saturated heterocycles. The highest BCUT2D eigenvalue weighted by Gasteiger charge is 2.34. The minimum absolute atomic E-state index is 0.0241. The number of hydrogen-bond acceptors (Lipinski definition) is 7.